The summed E-state index contributed by atoms with van der Waals surface area (Å²) in [5.41, 5.74) is 0.000876. The number of hydrogen-bond acceptors (Lipinski definition) is 8. The molecule has 0 heterocycles. The van der Waals surface area contributed by atoms with Gasteiger partial charge in [0, 0.05) is 6.42 Å². The molecule has 1 aromatic rings. The highest BCUT2D eigenvalue weighted by atomic mass is 16.5. The molecular weight excluding hydrogens is 502 g/mol. The molecule has 0 bridgehead atoms. The molecule has 3 unspecified atom stereocenters. The number of unbranched alkanes of at least 4 members (excludes halogenated alkanes) is 3. The lowest BCUT2D eigenvalue weighted by Gasteiger charge is -2.26. The number of ether oxygens (including phenoxy) is 3. The molecule has 1 rings (SSSR count). The van der Waals surface area contributed by atoms with Crippen LogP contribution in [0.5, 0.6) is 0 Å². The number of aliphatic hydroxyl groups is 1. The fraction of sp³-hybridized carbons (Fsp3) is 0.667. The molecule has 0 aliphatic heterocycles. The van der Waals surface area contributed by atoms with Gasteiger partial charge in [0.25, 0.3) is 0 Å². The standard InChI is InChI=1S/C30H47NO8/c1-5-37-26(32)18-14-9-8-13-17-25(29(35)39-7-3)31-27(33)24(28(34)38-6-2)20-22-30(4,36)21-19-23-15-11-10-12-16-23/h10-12,15-16,24-25,36H,5-9,13-14,17-22H2,1-4H3,(H,31,33). The molecule has 0 radical (unpaired) electrons. The third-order valence-corrected chi connectivity index (χ3v) is 6.47. The minimum Gasteiger partial charge on any atom is -0.466 e. The minimum absolute atomic E-state index is 0.0792. The third-order valence-electron chi connectivity index (χ3n) is 6.47. The maximum Gasteiger partial charge on any atom is 0.328 e. The summed E-state index contributed by atoms with van der Waals surface area (Å²) < 4.78 is 15.2. The molecule has 0 fully saturated rings. The van der Waals surface area contributed by atoms with E-state index in [4.69, 9.17) is 14.2 Å². The van der Waals surface area contributed by atoms with Crippen molar-refractivity contribution in [1.82, 2.24) is 5.32 Å². The van der Waals surface area contributed by atoms with Crippen molar-refractivity contribution in [3.05, 3.63) is 35.9 Å². The first-order valence-corrected chi connectivity index (χ1v) is 14.2. The molecule has 0 saturated carbocycles. The van der Waals surface area contributed by atoms with Crippen LogP contribution in [0.3, 0.4) is 0 Å². The first-order chi connectivity index (χ1) is 18.6. The average Bonchev–Trinajstić information content (AvgIpc) is 2.90. The molecule has 1 amide bonds. The van der Waals surface area contributed by atoms with Crippen LogP contribution >= 0.6 is 0 Å². The molecule has 39 heavy (non-hydrogen) atoms. The Hall–Kier alpha value is -2.94. The quantitative estimate of drug-likeness (QED) is 0.107. The Morgan fingerprint density at radius 1 is 0.821 bits per heavy atom. The molecule has 9 heteroatoms. The number of benzene rings is 1. The van der Waals surface area contributed by atoms with Gasteiger partial charge in [-0.2, -0.15) is 0 Å². The van der Waals surface area contributed by atoms with Crippen molar-refractivity contribution in [2.75, 3.05) is 19.8 Å². The molecule has 1 aromatic carbocycles. The van der Waals surface area contributed by atoms with Crippen molar-refractivity contribution >= 4 is 23.8 Å². The van der Waals surface area contributed by atoms with Gasteiger partial charge in [-0.15, -0.1) is 0 Å². The van der Waals surface area contributed by atoms with Gasteiger partial charge < -0.3 is 24.6 Å². The summed E-state index contributed by atoms with van der Waals surface area (Å²) in [5.74, 6) is -3.24. The second kappa shape index (κ2) is 19.2. The van der Waals surface area contributed by atoms with Crippen LogP contribution in [0.1, 0.15) is 91.0 Å². The van der Waals surface area contributed by atoms with E-state index < -0.39 is 35.4 Å². The van der Waals surface area contributed by atoms with E-state index in [1.165, 1.54) is 0 Å². The Balaban J connectivity index is 2.73. The van der Waals surface area contributed by atoms with Crippen molar-refractivity contribution in [1.29, 1.82) is 0 Å². The van der Waals surface area contributed by atoms with Crippen LogP contribution in [0.25, 0.3) is 0 Å². The summed E-state index contributed by atoms with van der Waals surface area (Å²) in [4.78, 5) is 49.9. The highest BCUT2D eigenvalue weighted by Crippen LogP contribution is 2.24. The van der Waals surface area contributed by atoms with Gasteiger partial charge in [0.1, 0.15) is 12.0 Å². The lowest BCUT2D eigenvalue weighted by Crippen LogP contribution is -2.47. The van der Waals surface area contributed by atoms with Gasteiger partial charge in [0.15, 0.2) is 0 Å². The van der Waals surface area contributed by atoms with Gasteiger partial charge in [-0.05, 0) is 71.8 Å². The van der Waals surface area contributed by atoms with Gasteiger partial charge in [-0.3, -0.25) is 14.4 Å². The van der Waals surface area contributed by atoms with Crippen molar-refractivity contribution in [2.24, 2.45) is 5.92 Å². The molecular formula is C30H47NO8. The fourth-order valence-electron chi connectivity index (χ4n) is 4.21. The zero-order valence-corrected chi connectivity index (χ0v) is 24.0. The van der Waals surface area contributed by atoms with Gasteiger partial charge in [-0.25, -0.2) is 4.79 Å². The fourth-order valence-corrected chi connectivity index (χ4v) is 4.21. The highest BCUT2D eigenvalue weighted by molar-refractivity contribution is 5.99. The maximum absolute atomic E-state index is 13.2. The Labute approximate surface area is 233 Å². The SMILES string of the molecule is CCOC(=O)CCCCCCC(NC(=O)C(CCC(C)(O)CCc1ccccc1)C(=O)OCC)C(=O)OCC. The van der Waals surface area contributed by atoms with E-state index in [1.807, 2.05) is 30.3 Å². The van der Waals surface area contributed by atoms with Gasteiger partial charge in [0.05, 0.1) is 25.4 Å². The van der Waals surface area contributed by atoms with Crippen LogP contribution in [0.15, 0.2) is 30.3 Å². The normalized spacial score (nSPS) is 14.0. The predicted octanol–water partition coefficient (Wildman–Crippen LogP) is 4.28. The molecule has 220 valence electrons. The smallest absolute Gasteiger partial charge is 0.328 e. The second-order valence-corrected chi connectivity index (χ2v) is 9.90. The summed E-state index contributed by atoms with van der Waals surface area (Å²) in [6.45, 7) is 7.44. The lowest BCUT2D eigenvalue weighted by molar-refractivity contribution is -0.155. The predicted molar refractivity (Wildman–Crippen MR) is 148 cm³/mol. The molecule has 0 aliphatic rings. The number of esters is 3. The van der Waals surface area contributed by atoms with Crippen LogP contribution in [0.4, 0.5) is 0 Å². The van der Waals surface area contributed by atoms with E-state index in [0.29, 0.717) is 45.1 Å². The number of nitrogens with one attached hydrogen (secondary N) is 1. The van der Waals surface area contributed by atoms with E-state index in [9.17, 15) is 24.3 Å². The first kappa shape index (κ1) is 34.1. The summed E-state index contributed by atoms with van der Waals surface area (Å²) in [6.07, 6.45) is 4.97. The molecule has 0 aliphatic carbocycles. The van der Waals surface area contributed by atoms with Gasteiger partial charge in [-0.1, -0.05) is 49.6 Å². The number of carbonyl (C=O) groups excluding carboxylic acids is 4. The topological polar surface area (TPSA) is 128 Å². The summed E-state index contributed by atoms with van der Waals surface area (Å²) in [6, 6.07) is 8.88. The van der Waals surface area contributed by atoms with Crippen LogP contribution in [-0.4, -0.2) is 60.4 Å². The first-order valence-electron chi connectivity index (χ1n) is 14.2. The third kappa shape index (κ3) is 14.7. The van der Waals surface area contributed by atoms with Crippen LogP contribution in [-0.2, 0) is 39.8 Å². The number of rotatable bonds is 20. The number of hydrogen-bond donors (Lipinski definition) is 2. The zero-order valence-electron chi connectivity index (χ0n) is 24.0. The molecule has 0 saturated heterocycles. The molecule has 9 nitrogen and oxygen atoms in total. The number of carbonyl (C=O) groups is 4. The second-order valence-electron chi connectivity index (χ2n) is 9.90. The van der Waals surface area contributed by atoms with Crippen molar-refractivity contribution in [3.63, 3.8) is 0 Å². The van der Waals surface area contributed by atoms with Crippen LogP contribution in [0, 0.1) is 5.92 Å². The van der Waals surface area contributed by atoms with Crippen molar-refractivity contribution in [3.8, 4) is 0 Å². The lowest BCUT2D eigenvalue weighted by atomic mass is 9.88. The monoisotopic (exact) mass is 549 g/mol. The largest absolute Gasteiger partial charge is 0.466 e. The molecule has 2 N–H and O–H groups in total. The molecule has 3 atom stereocenters. The zero-order chi connectivity index (χ0) is 29.1. The number of amides is 1. The molecule has 0 spiro atoms. The summed E-state index contributed by atoms with van der Waals surface area (Å²) in [7, 11) is 0. The Morgan fingerprint density at radius 2 is 1.44 bits per heavy atom. The van der Waals surface area contributed by atoms with Gasteiger partial charge in [0.2, 0.25) is 5.91 Å². The van der Waals surface area contributed by atoms with Crippen molar-refractivity contribution < 1.29 is 38.5 Å². The van der Waals surface area contributed by atoms with Gasteiger partial charge >= 0.3 is 17.9 Å². The summed E-state index contributed by atoms with van der Waals surface area (Å²) >= 11 is 0. The Kier molecular flexibility index (Phi) is 16.8. The summed E-state index contributed by atoms with van der Waals surface area (Å²) in [5, 5.41) is 13.6. The van der Waals surface area contributed by atoms with E-state index in [2.05, 4.69) is 5.32 Å². The molecule has 0 aromatic heterocycles. The maximum atomic E-state index is 13.2. The van der Waals surface area contributed by atoms with E-state index in [-0.39, 0.29) is 32.0 Å². The van der Waals surface area contributed by atoms with Crippen LogP contribution in [0.2, 0.25) is 0 Å². The Bertz CT molecular complexity index is 871. The average molecular weight is 550 g/mol. The van der Waals surface area contributed by atoms with E-state index in [1.54, 1.807) is 27.7 Å². The van der Waals surface area contributed by atoms with Crippen molar-refractivity contribution in [2.45, 2.75) is 104 Å². The highest BCUT2D eigenvalue weighted by Gasteiger charge is 2.34. The number of aryl methyl sites for hydroxylation is 1. The van der Waals surface area contributed by atoms with E-state index >= 15 is 0 Å². The Morgan fingerprint density at radius 3 is 2.08 bits per heavy atom. The van der Waals surface area contributed by atoms with E-state index in [0.717, 1.165) is 18.4 Å². The minimum atomic E-state index is -1.16. The van der Waals surface area contributed by atoms with Crippen LogP contribution < -0.4 is 5.32 Å².